The van der Waals surface area contributed by atoms with Gasteiger partial charge in [0.2, 0.25) is 5.91 Å². The van der Waals surface area contributed by atoms with E-state index in [9.17, 15) is 9.18 Å². The molecular formula is C14H19FN2OS. The lowest BCUT2D eigenvalue weighted by molar-refractivity contribution is -0.132. The third-order valence-corrected chi connectivity index (χ3v) is 3.21. The smallest absolute Gasteiger partial charge is 0.232 e. The molecule has 0 aromatic heterocycles. The zero-order valence-electron chi connectivity index (χ0n) is 11.2. The fourth-order valence-electron chi connectivity index (χ4n) is 1.88. The fourth-order valence-corrected chi connectivity index (χ4v) is 2.10. The molecule has 0 bridgehead atoms. The van der Waals surface area contributed by atoms with E-state index in [1.807, 2.05) is 6.92 Å². The number of benzene rings is 1. The summed E-state index contributed by atoms with van der Waals surface area (Å²) in [6.07, 6.45) is 1.50. The SMILES string of the molecule is CCCC(C(=O)N(C)Cc1ccc(F)cc1)C(N)=S. The maximum Gasteiger partial charge on any atom is 0.232 e. The number of amides is 1. The van der Waals surface area contributed by atoms with Crippen molar-refractivity contribution in [1.82, 2.24) is 4.90 Å². The Bertz CT molecular complexity index is 447. The summed E-state index contributed by atoms with van der Waals surface area (Å²) in [6.45, 7) is 2.40. The van der Waals surface area contributed by atoms with E-state index < -0.39 is 5.92 Å². The fraction of sp³-hybridized carbons (Fsp3) is 0.429. The van der Waals surface area contributed by atoms with Gasteiger partial charge in [-0.05, 0) is 24.1 Å². The molecule has 19 heavy (non-hydrogen) atoms. The molecule has 1 rings (SSSR count). The van der Waals surface area contributed by atoms with Crippen molar-refractivity contribution in [1.29, 1.82) is 0 Å². The van der Waals surface area contributed by atoms with Gasteiger partial charge >= 0.3 is 0 Å². The van der Waals surface area contributed by atoms with Crippen LogP contribution in [0.25, 0.3) is 0 Å². The molecule has 1 aromatic carbocycles. The minimum atomic E-state index is -0.412. The summed E-state index contributed by atoms with van der Waals surface area (Å²) >= 11 is 4.94. The molecular weight excluding hydrogens is 263 g/mol. The van der Waals surface area contributed by atoms with E-state index in [2.05, 4.69) is 0 Å². The molecule has 0 spiro atoms. The quantitative estimate of drug-likeness (QED) is 0.815. The lowest BCUT2D eigenvalue weighted by Crippen LogP contribution is -2.38. The monoisotopic (exact) mass is 282 g/mol. The second kappa shape index (κ2) is 7.19. The minimum absolute atomic E-state index is 0.0846. The van der Waals surface area contributed by atoms with Crippen LogP contribution in [0.5, 0.6) is 0 Å². The van der Waals surface area contributed by atoms with E-state index in [0.29, 0.717) is 13.0 Å². The predicted octanol–water partition coefficient (Wildman–Crippen LogP) is 2.49. The van der Waals surface area contributed by atoms with Gasteiger partial charge in [-0.25, -0.2) is 4.39 Å². The normalized spacial score (nSPS) is 11.9. The number of hydrogen-bond donors (Lipinski definition) is 1. The highest BCUT2D eigenvalue weighted by Gasteiger charge is 2.23. The van der Waals surface area contributed by atoms with Crippen molar-refractivity contribution in [2.45, 2.75) is 26.3 Å². The number of rotatable bonds is 6. The van der Waals surface area contributed by atoms with Gasteiger partial charge in [0.05, 0.1) is 10.9 Å². The molecule has 2 N–H and O–H groups in total. The standard InChI is InChI=1S/C14H19FN2OS/c1-3-4-12(13(16)19)14(18)17(2)9-10-5-7-11(15)8-6-10/h5-8,12H,3-4,9H2,1-2H3,(H2,16,19). The van der Waals surface area contributed by atoms with Crippen molar-refractivity contribution in [3.63, 3.8) is 0 Å². The molecule has 1 atom stereocenters. The number of hydrogen-bond acceptors (Lipinski definition) is 2. The zero-order chi connectivity index (χ0) is 14.4. The van der Waals surface area contributed by atoms with E-state index in [1.165, 1.54) is 12.1 Å². The molecule has 0 aliphatic heterocycles. The number of carbonyl (C=O) groups is 1. The van der Waals surface area contributed by atoms with Crippen LogP contribution in [0.15, 0.2) is 24.3 Å². The van der Waals surface area contributed by atoms with Crippen molar-refractivity contribution in [3.8, 4) is 0 Å². The van der Waals surface area contributed by atoms with E-state index in [-0.39, 0.29) is 16.7 Å². The number of nitrogens with zero attached hydrogens (tertiary/aromatic N) is 1. The molecule has 1 amide bonds. The maximum absolute atomic E-state index is 12.8. The summed E-state index contributed by atoms with van der Waals surface area (Å²) in [6, 6.07) is 6.08. The summed E-state index contributed by atoms with van der Waals surface area (Å²) in [5, 5.41) is 0. The first kappa shape index (κ1) is 15.6. The molecule has 0 aliphatic rings. The second-order valence-electron chi connectivity index (χ2n) is 4.56. The van der Waals surface area contributed by atoms with E-state index >= 15 is 0 Å². The van der Waals surface area contributed by atoms with Crippen LogP contribution in [0.2, 0.25) is 0 Å². The third kappa shape index (κ3) is 4.59. The van der Waals surface area contributed by atoms with E-state index in [1.54, 1.807) is 24.1 Å². The summed E-state index contributed by atoms with van der Waals surface area (Å²) in [5.74, 6) is -0.783. The van der Waals surface area contributed by atoms with Crippen molar-refractivity contribution < 1.29 is 9.18 Å². The topological polar surface area (TPSA) is 46.3 Å². The molecule has 104 valence electrons. The Hall–Kier alpha value is -1.49. The second-order valence-corrected chi connectivity index (χ2v) is 5.04. The van der Waals surface area contributed by atoms with Gasteiger partial charge in [-0.3, -0.25) is 4.79 Å². The highest BCUT2D eigenvalue weighted by molar-refractivity contribution is 7.80. The van der Waals surface area contributed by atoms with Crippen LogP contribution in [0, 0.1) is 11.7 Å². The summed E-state index contributed by atoms with van der Waals surface area (Å²) < 4.78 is 12.8. The Morgan fingerprint density at radius 3 is 2.47 bits per heavy atom. The van der Waals surface area contributed by atoms with Gasteiger partial charge in [0.15, 0.2) is 0 Å². The highest BCUT2D eigenvalue weighted by atomic mass is 32.1. The largest absolute Gasteiger partial charge is 0.393 e. The minimum Gasteiger partial charge on any atom is -0.393 e. The summed E-state index contributed by atoms with van der Waals surface area (Å²) in [5.41, 5.74) is 6.48. The summed E-state index contributed by atoms with van der Waals surface area (Å²) in [4.78, 5) is 14.0. The average molecular weight is 282 g/mol. The summed E-state index contributed by atoms with van der Waals surface area (Å²) in [7, 11) is 1.70. The van der Waals surface area contributed by atoms with Crippen molar-refractivity contribution in [2.24, 2.45) is 11.7 Å². The average Bonchev–Trinajstić information content (AvgIpc) is 2.37. The van der Waals surface area contributed by atoms with Gasteiger partial charge < -0.3 is 10.6 Å². The third-order valence-electron chi connectivity index (χ3n) is 2.93. The first-order valence-electron chi connectivity index (χ1n) is 6.24. The lowest BCUT2D eigenvalue weighted by atomic mass is 10.0. The van der Waals surface area contributed by atoms with E-state index in [4.69, 9.17) is 18.0 Å². The molecule has 0 aliphatic carbocycles. The predicted molar refractivity (Wildman–Crippen MR) is 78.1 cm³/mol. The molecule has 0 fully saturated rings. The Morgan fingerprint density at radius 1 is 1.42 bits per heavy atom. The number of thiocarbonyl (C=S) groups is 1. The number of carbonyl (C=O) groups excluding carboxylic acids is 1. The van der Waals surface area contributed by atoms with Gasteiger partial charge in [0.25, 0.3) is 0 Å². The molecule has 1 aromatic rings. The van der Waals surface area contributed by atoms with Gasteiger partial charge in [0, 0.05) is 13.6 Å². The zero-order valence-corrected chi connectivity index (χ0v) is 12.0. The van der Waals surface area contributed by atoms with E-state index in [0.717, 1.165) is 12.0 Å². The number of nitrogens with two attached hydrogens (primary N) is 1. The molecule has 3 nitrogen and oxygen atoms in total. The molecule has 0 heterocycles. The molecule has 1 unspecified atom stereocenters. The molecule has 0 radical (unpaired) electrons. The lowest BCUT2D eigenvalue weighted by Gasteiger charge is -2.23. The first-order chi connectivity index (χ1) is 8.95. The van der Waals surface area contributed by atoms with Gasteiger partial charge in [-0.2, -0.15) is 0 Å². The van der Waals surface area contributed by atoms with Crippen LogP contribution in [-0.4, -0.2) is 22.8 Å². The molecule has 5 heteroatoms. The Morgan fingerprint density at radius 2 is 2.00 bits per heavy atom. The van der Waals surface area contributed by atoms with Crippen LogP contribution >= 0.6 is 12.2 Å². The first-order valence-corrected chi connectivity index (χ1v) is 6.65. The molecule has 0 saturated heterocycles. The van der Waals surface area contributed by atoms with Crippen molar-refractivity contribution in [3.05, 3.63) is 35.6 Å². The van der Waals surface area contributed by atoms with Gasteiger partial charge in [-0.15, -0.1) is 0 Å². The number of halogens is 1. The Balaban J connectivity index is 2.70. The van der Waals surface area contributed by atoms with Crippen LogP contribution in [0.4, 0.5) is 4.39 Å². The van der Waals surface area contributed by atoms with Gasteiger partial charge in [-0.1, -0.05) is 37.7 Å². The Kier molecular flexibility index (Phi) is 5.89. The van der Waals surface area contributed by atoms with Crippen LogP contribution < -0.4 is 5.73 Å². The highest BCUT2D eigenvalue weighted by Crippen LogP contribution is 2.13. The van der Waals surface area contributed by atoms with Crippen LogP contribution in [0.3, 0.4) is 0 Å². The maximum atomic E-state index is 12.8. The van der Waals surface area contributed by atoms with Crippen LogP contribution in [0.1, 0.15) is 25.3 Å². The van der Waals surface area contributed by atoms with Crippen molar-refractivity contribution >= 4 is 23.1 Å². The van der Waals surface area contributed by atoms with Crippen LogP contribution in [-0.2, 0) is 11.3 Å². The Labute approximate surface area is 118 Å². The van der Waals surface area contributed by atoms with Gasteiger partial charge in [0.1, 0.15) is 5.82 Å². The van der Waals surface area contributed by atoms with Crippen molar-refractivity contribution in [2.75, 3.05) is 7.05 Å². The molecule has 0 saturated carbocycles.